The van der Waals surface area contributed by atoms with Gasteiger partial charge in [-0.05, 0) is 18.6 Å². The van der Waals surface area contributed by atoms with Gasteiger partial charge in [0.15, 0.2) is 9.84 Å². The molecule has 0 saturated heterocycles. The molecule has 16 heavy (non-hydrogen) atoms. The zero-order chi connectivity index (χ0) is 12.2. The number of hydrogen-bond acceptors (Lipinski definition) is 3. The summed E-state index contributed by atoms with van der Waals surface area (Å²) in [6.45, 7) is 0. The van der Waals surface area contributed by atoms with E-state index in [1.165, 1.54) is 12.1 Å². The lowest BCUT2D eigenvalue weighted by Gasteiger charge is -2.07. The van der Waals surface area contributed by atoms with E-state index in [1.54, 1.807) is 6.07 Å². The van der Waals surface area contributed by atoms with Crippen LogP contribution in [-0.2, 0) is 9.84 Å². The Morgan fingerprint density at radius 2 is 1.81 bits per heavy atom. The number of benzene rings is 1. The van der Waals surface area contributed by atoms with E-state index in [1.807, 2.05) is 6.07 Å². The lowest BCUT2D eigenvalue weighted by atomic mass is 10.4. The molecule has 0 fully saturated rings. The van der Waals surface area contributed by atoms with E-state index in [0.717, 1.165) is 0 Å². The normalized spacial score (nSPS) is 11.1. The summed E-state index contributed by atoms with van der Waals surface area (Å²) in [4.78, 5) is -0.0451. The molecule has 6 heteroatoms. The minimum absolute atomic E-state index is 0.0451. The SMILES string of the molecule is N#CCCCS(=O)(=O)c1c(Cl)cccc1Cl. The molecule has 0 saturated carbocycles. The van der Waals surface area contributed by atoms with E-state index in [4.69, 9.17) is 28.5 Å². The van der Waals surface area contributed by atoms with Gasteiger partial charge >= 0.3 is 0 Å². The highest BCUT2D eigenvalue weighted by Gasteiger charge is 2.20. The fraction of sp³-hybridized carbons (Fsp3) is 0.300. The third-order valence-electron chi connectivity index (χ3n) is 1.93. The van der Waals surface area contributed by atoms with Gasteiger partial charge in [0, 0.05) is 6.42 Å². The highest BCUT2D eigenvalue weighted by atomic mass is 35.5. The summed E-state index contributed by atoms with van der Waals surface area (Å²) in [5, 5.41) is 8.58. The van der Waals surface area contributed by atoms with Crippen molar-refractivity contribution < 1.29 is 8.42 Å². The fourth-order valence-electron chi connectivity index (χ4n) is 1.22. The second-order valence-electron chi connectivity index (χ2n) is 3.13. The average Bonchev–Trinajstić information content (AvgIpc) is 2.17. The molecule has 0 aliphatic carbocycles. The van der Waals surface area contributed by atoms with Crippen LogP contribution in [0.3, 0.4) is 0 Å². The Balaban J connectivity index is 3.04. The van der Waals surface area contributed by atoms with E-state index in [9.17, 15) is 8.42 Å². The monoisotopic (exact) mass is 277 g/mol. The number of hydrogen-bond donors (Lipinski definition) is 0. The van der Waals surface area contributed by atoms with Crippen LogP contribution in [0, 0.1) is 11.3 Å². The van der Waals surface area contributed by atoms with Crippen molar-refractivity contribution in [3.05, 3.63) is 28.2 Å². The van der Waals surface area contributed by atoms with Crippen LogP contribution in [0.25, 0.3) is 0 Å². The van der Waals surface area contributed by atoms with Crippen LogP contribution >= 0.6 is 23.2 Å². The maximum atomic E-state index is 11.9. The molecule has 86 valence electrons. The molecule has 0 unspecified atom stereocenters. The van der Waals surface area contributed by atoms with Crippen molar-refractivity contribution in [2.45, 2.75) is 17.7 Å². The Morgan fingerprint density at radius 3 is 2.31 bits per heavy atom. The summed E-state index contributed by atoms with van der Waals surface area (Å²) < 4.78 is 23.7. The third kappa shape index (κ3) is 3.11. The maximum absolute atomic E-state index is 11.9. The summed E-state index contributed by atoms with van der Waals surface area (Å²) in [7, 11) is -3.51. The number of rotatable bonds is 4. The van der Waals surface area contributed by atoms with Gasteiger partial charge in [0.2, 0.25) is 0 Å². The van der Waals surface area contributed by atoms with Crippen molar-refractivity contribution in [2.24, 2.45) is 0 Å². The molecule has 0 heterocycles. The van der Waals surface area contributed by atoms with Crippen molar-refractivity contribution in [1.82, 2.24) is 0 Å². The van der Waals surface area contributed by atoms with Gasteiger partial charge in [-0.15, -0.1) is 0 Å². The molecule has 3 nitrogen and oxygen atoms in total. The van der Waals surface area contributed by atoms with Gasteiger partial charge in [0.25, 0.3) is 0 Å². The molecule has 1 aromatic rings. The molecular weight excluding hydrogens is 269 g/mol. The van der Waals surface area contributed by atoms with Crippen molar-refractivity contribution >= 4 is 33.0 Å². The van der Waals surface area contributed by atoms with Crippen molar-refractivity contribution in [3.8, 4) is 6.07 Å². The number of halogens is 2. The van der Waals surface area contributed by atoms with Gasteiger partial charge in [0.1, 0.15) is 4.90 Å². The smallest absolute Gasteiger partial charge is 0.181 e. The van der Waals surface area contributed by atoms with E-state index in [2.05, 4.69) is 0 Å². The summed E-state index contributed by atoms with van der Waals surface area (Å²) in [6, 6.07) is 6.43. The second kappa shape index (κ2) is 5.53. The van der Waals surface area contributed by atoms with E-state index >= 15 is 0 Å². The van der Waals surface area contributed by atoms with Gasteiger partial charge in [-0.3, -0.25) is 0 Å². The highest BCUT2D eigenvalue weighted by molar-refractivity contribution is 7.91. The minimum Gasteiger partial charge on any atom is -0.224 e. The fourth-order valence-corrected chi connectivity index (χ4v) is 3.78. The summed E-state index contributed by atoms with van der Waals surface area (Å²) in [6.07, 6.45) is 0.474. The molecule has 0 amide bonds. The number of unbranched alkanes of at least 4 members (excludes halogenated alkanes) is 1. The Bertz CT molecular complexity index is 500. The van der Waals surface area contributed by atoms with Gasteiger partial charge in [-0.25, -0.2) is 8.42 Å². The molecule has 1 aromatic carbocycles. The summed E-state index contributed by atoms with van der Waals surface area (Å²) in [5.41, 5.74) is 0. The van der Waals surface area contributed by atoms with Crippen LogP contribution in [0.15, 0.2) is 23.1 Å². The molecule has 0 aliphatic heterocycles. The molecule has 0 radical (unpaired) electrons. The number of sulfone groups is 1. The van der Waals surface area contributed by atoms with Crippen LogP contribution in [0.4, 0.5) is 0 Å². The first-order valence-electron chi connectivity index (χ1n) is 4.53. The van der Waals surface area contributed by atoms with Crippen LogP contribution in [-0.4, -0.2) is 14.2 Å². The molecule has 0 aromatic heterocycles. The summed E-state index contributed by atoms with van der Waals surface area (Å²) in [5.74, 6) is -0.121. The Kier molecular flexibility index (Phi) is 4.60. The van der Waals surface area contributed by atoms with Gasteiger partial charge in [-0.1, -0.05) is 29.3 Å². The standard InChI is InChI=1S/C10H9Cl2NO2S/c11-8-4-3-5-9(12)10(8)16(14,15)7-2-1-6-13/h3-5H,1-2,7H2. The Labute approximate surface area is 105 Å². The second-order valence-corrected chi connectivity index (χ2v) is 5.99. The largest absolute Gasteiger partial charge is 0.224 e. The lowest BCUT2D eigenvalue weighted by Crippen LogP contribution is -2.08. The van der Waals surface area contributed by atoms with E-state index < -0.39 is 9.84 Å². The predicted octanol–water partition coefficient (Wildman–Crippen LogP) is 3.07. The number of nitrogens with zero attached hydrogens (tertiary/aromatic N) is 1. The first-order valence-corrected chi connectivity index (χ1v) is 6.93. The zero-order valence-corrected chi connectivity index (χ0v) is 10.6. The lowest BCUT2D eigenvalue weighted by molar-refractivity contribution is 0.594. The molecular formula is C10H9Cl2NO2S. The highest BCUT2D eigenvalue weighted by Crippen LogP contribution is 2.30. The molecule has 0 atom stereocenters. The van der Waals surface area contributed by atoms with Crippen LogP contribution in [0.2, 0.25) is 10.0 Å². The molecule has 0 spiro atoms. The topological polar surface area (TPSA) is 57.9 Å². The van der Waals surface area contributed by atoms with Gasteiger partial charge in [-0.2, -0.15) is 5.26 Å². The first kappa shape index (κ1) is 13.3. The van der Waals surface area contributed by atoms with Crippen LogP contribution < -0.4 is 0 Å². The summed E-state index contributed by atoms with van der Waals surface area (Å²) >= 11 is 11.6. The third-order valence-corrected chi connectivity index (χ3v) is 4.67. The maximum Gasteiger partial charge on any atom is 0.181 e. The Morgan fingerprint density at radius 1 is 1.25 bits per heavy atom. The molecule has 0 bridgehead atoms. The van der Waals surface area contributed by atoms with Gasteiger partial charge < -0.3 is 0 Å². The molecule has 0 N–H and O–H groups in total. The quantitative estimate of drug-likeness (QED) is 0.795. The predicted molar refractivity (Wildman–Crippen MR) is 63.4 cm³/mol. The van der Waals surface area contributed by atoms with Crippen molar-refractivity contribution in [3.63, 3.8) is 0 Å². The minimum atomic E-state index is -3.51. The van der Waals surface area contributed by atoms with E-state index in [0.29, 0.717) is 0 Å². The molecule has 1 rings (SSSR count). The van der Waals surface area contributed by atoms with E-state index in [-0.39, 0.29) is 33.5 Å². The average molecular weight is 278 g/mol. The molecule has 0 aliphatic rings. The van der Waals surface area contributed by atoms with Crippen LogP contribution in [0.5, 0.6) is 0 Å². The van der Waals surface area contributed by atoms with Crippen LogP contribution in [0.1, 0.15) is 12.8 Å². The first-order chi connectivity index (χ1) is 7.49. The Hall–Kier alpha value is -0.760. The van der Waals surface area contributed by atoms with Gasteiger partial charge in [0.05, 0.1) is 21.9 Å². The van der Waals surface area contributed by atoms with Crippen molar-refractivity contribution in [1.29, 1.82) is 5.26 Å². The zero-order valence-electron chi connectivity index (χ0n) is 8.28. The number of nitriles is 1. The van der Waals surface area contributed by atoms with Crippen molar-refractivity contribution in [2.75, 3.05) is 5.75 Å².